The van der Waals surface area contributed by atoms with Crippen LogP contribution in [0.2, 0.25) is 0 Å². The minimum atomic E-state index is -0.298. The number of nitrogens with one attached hydrogen (secondary N) is 1. The van der Waals surface area contributed by atoms with Crippen LogP contribution in [0.4, 0.5) is 0 Å². The van der Waals surface area contributed by atoms with Crippen molar-refractivity contribution in [2.75, 3.05) is 7.11 Å². The third kappa shape index (κ3) is 5.28. The van der Waals surface area contributed by atoms with E-state index in [2.05, 4.69) is 91.3 Å². The average molecular weight is 482 g/mol. The highest BCUT2D eigenvalue weighted by molar-refractivity contribution is 7.30. The molecule has 184 valence electrons. The molecule has 5 heteroatoms. The minimum absolute atomic E-state index is 0.00963. The van der Waals surface area contributed by atoms with E-state index >= 15 is 0 Å². The van der Waals surface area contributed by atoms with Crippen LogP contribution in [0, 0.1) is 0 Å². The largest absolute Gasteiger partial charge is 0.493 e. The first-order valence-corrected chi connectivity index (χ1v) is 12.7. The molecule has 0 saturated heterocycles. The van der Waals surface area contributed by atoms with Gasteiger partial charge in [0.2, 0.25) is 0 Å². The summed E-state index contributed by atoms with van der Waals surface area (Å²) in [5.74, 6) is 3.00. The number of hydrogen-bond acceptors (Lipinski definition) is 4. The molecule has 1 atom stereocenters. The van der Waals surface area contributed by atoms with E-state index in [0.29, 0.717) is 0 Å². The van der Waals surface area contributed by atoms with Crippen molar-refractivity contribution < 1.29 is 14.0 Å². The monoisotopic (exact) mass is 481 g/mol. The Bertz CT molecular complexity index is 1120. The second-order valence-electron chi connectivity index (χ2n) is 11.7. The maximum Gasteiger partial charge on any atom is 0.174 e. The van der Waals surface area contributed by atoms with Crippen molar-refractivity contribution >= 4 is 8.96 Å². The molecule has 34 heavy (non-hydrogen) atoms. The maximum absolute atomic E-state index is 6.59. The number of fused-ring (bicyclic) bond motifs is 2. The van der Waals surface area contributed by atoms with Gasteiger partial charge in [-0.15, -0.1) is 0 Å². The van der Waals surface area contributed by atoms with Gasteiger partial charge in [-0.2, -0.15) is 0 Å². The summed E-state index contributed by atoms with van der Waals surface area (Å²) in [6, 6.07) is 8.75. The number of hydrogen-bond donors (Lipinski definition) is 1. The maximum atomic E-state index is 6.59. The SMILES string of the molecule is C=C(C)/C=C\NPOc1cc(C(C)(C)C)cc2c1Oc1c(OC)cc(C(C)(C)C)cc1C2(C)C. The molecule has 0 aromatic heterocycles. The van der Waals surface area contributed by atoms with E-state index in [-0.39, 0.29) is 25.2 Å². The van der Waals surface area contributed by atoms with E-state index in [1.54, 1.807) is 7.11 Å². The Morgan fingerprint density at radius 2 is 1.44 bits per heavy atom. The second-order valence-corrected chi connectivity index (χ2v) is 12.4. The summed E-state index contributed by atoms with van der Waals surface area (Å²) in [5, 5.41) is 3.20. The summed E-state index contributed by atoms with van der Waals surface area (Å²) < 4.78 is 18.7. The van der Waals surface area contributed by atoms with Crippen LogP contribution in [-0.4, -0.2) is 7.11 Å². The van der Waals surface area contributed by atoms with E-state index in [1.165, 1.54) is 11.1 Å². The molecule has 0 saturated carbocycles. The van der Waals surface area contributed by atoms with Gasteiger partial charge < -0.3 is 19.1 Å². The quantitative estimate of drug-likeness (QED) is 0.256. The van der Waals surface area contributed by atoms with Crippen molar-refractivity contribution in [3.05, 3.63) is 70.9 Å². The summed E-state index contributed by atoms with van der Waals surface area (Å²) >= 11 is 0. The van der Waals surface area contributed by atoms with E-state index in [1.807, 2.05) is 19.2 Å². The molecule has 1 aliphatic rings. The molecular weight excluding hydrogens is 441 g/mol. The highest BCUT2D eigenvalue weighted by atomic mass is 31.1. The van der Waals surface area contributed by atoms with Gasteiger partial charge in [0.15, 0.2) is 32.0 Å². The predicted octanol–water partition coefficient (Wildman–Crippen LogP) is 8.29. The molecule has 1 unspecified atom stereocenters. The lowest BCUT2D eigenvalue weighted by Crippen LogP contribution is -2.27. The van der Waals surface area contributed by atoms with Gasteiger partial charge in [0.1, 0.15) is 0 Å². The van der Waals surface area contributed by atoms with Crippen molar-refractivity contribution in [2.45, 2.75) is 78.6 Å². The fourth-order valence-corrected chi connectivity index (χ4v) is 4.46. The van der Waals surface area contributed by atoms with Crippen LogP contribution in [0.1, 0.15) is 84.6 Å². The Kier molecular flexibility index (Phi) is 7.16. The van der Waals surface area contributed by atoms with Crippen molar-refractivity contribution in [3.8, 4) is 23.0 Å². The molecule has 1 aliphatic heterocycles. The lowest BCUT2D eigenvalue weighted by molar-refractivity contribution is 0.348. The highest BCUT2D eigenvalue weighted by Gasteiger charge is 2.40. The highest BCUT2D eigenvalue weighted by Crippen LogP contribution is 2.56. The van der Waals surface area contributed by atoms with Crippen LogP contribution in [-0.2, 0) is 16.2 Å². The first-order chi connectivity index (χ1) is 15.7. The number of ether oxygens (including phenoxy) is 2. The number of methoxy groups -OCH3 is 1. The Hall–Kier alpha value is -2.45. The molecule has 1 N–H and O–H groups in total. The molecule has 0 spiro atoms. The van der Waals surface area contributed by atoms with Crippen molar-refractivity contribution in [1.82, 2.24) is 5.09 Å². The topological polar surface area (TPSA) is 39.7 Å². The van der Waals surface area contributed by atoms with Gasteiger partial charge in [0.05, 0.1) is 7.11 Å². The van der Waals surface area contributed by atoms with Gasteiger partial charge in [-0.3, -0.25) is 0 Å². The van der Waals surface area contributed by atoms with Crippen LogP contribution in [0.3, 0.4) is 0 Å². The fourth-order valence-electron chi connectivity index (χ4n) is 3.99. The standard InChI is InChI=1S/C29H40NO3P/c1-18(2)12-13-30-34-33-24-17-20(28(6,7)8)15-22-26(24)32-25-21(29(22,9)10)14-19(27(3,4)5)16-23(25)31-11/h12-17,30,34H,1H2,2-11H3/b13-12-. The summed E-state index contributed by atoms with van der Waals surface area (Å²) in [6.45, 7) is 23.7. The normalized spacial score (nSPS) is 15.1. The number of benzene rings is 2. The third-order valence-electron chi connectivity index (χ3n) is 6.28. The van der Waals surface area contributed by atoms with Crippen LogP contribution < -0.4 is 19.1 Å². The van der Waals surface area contributed by atoms with Gasteiger partial charge in [-0.25, -0.2) is 0 Å². The van der Waals surface area contributed by atoms with Gasteiger partial charge in [-0.1, -0.05) is 79.7 Å². The Morgan fingerprint density at radius 3 is 1.91 bits per heavy atom. The Labute approximate surface area is 207 Å². The zero-order valence-electron chi connectivity index (χ0n) is 22.4. The molecule has 0 bridgehead atoms. The van der Waals surface area contributed by atoms with E-state index < -0.39 is 0 Å². The zero-order valence-corrected chi connectivity index (χ0v) is 23.4. The van der Waals surface area contributed by atoms with Crippen molar-refractivity contribution in [2.24, 2.45) is 0 Å². The molecule has 0 fully saturated rings. The fraction of sp³-hybridized carbons (Fsp3) is 0.448. The second kappa shape index (κ2) is 9.30. The molecule has 4 nitrogen and oxygen atoms in total. The Morgan fingerprint density at radius 1 is 0.941 bits per heavy atom. The van der Waals surface area contributed by atoms with Gasteiger partial charge in [0.25, 0.3) is 0 Å². The minimum Gasteiger partial charge on any atom is -0.493 e. The molecule has 0 aliphatic carbocycles. The molecule has 2 aromatic carbocycles. The predicted molar refractivity (Wildman–Crippen MR) is 145 cm³/mol. The molecule has 1 heterocycles. The van der Waals surface area contributed by atoms with Crippen LogP contribution in [0.15, 0.2) is 48.7 Å². The lowest BCUT2D eigenvalue weighted by atomic mass is 9.72. The van der Waals surface area contributed by atoms with Gasteiger partial charge in [0, 0.05) is 22.7 Å². The van der Waals surface area contributed by atoms with Crippen molar-refractivity contribution in [1.29, 1.82) is 0 Å². The lowest BCUT2D eigenvalue weighted by Gasteiger charge is -2.38. The summed E-state index contributed by atoms with van der Waals surface area (Å²) in [4.78, 5) is 0. The van der Waals surface area contributed by atoms with E-state index in [4.69, 9.17) is 14.0 Å². The Balaban J connectivity index is 2.16. The molecular formula is C29H40NO3P. The number of allylic oxidation sites excluding steroid dienone is 2. The third-order valence-corrected chi connectivity index (χ3v) is 6.89. The van der Waals surface area contributed by atoms with Crippen LogP contribution in [0.5, 0.6) is 23.0 Å². The summed E-state index contributed by atoms with van der Waals surface area (Å²) in [5.41, 5.74) is 5.32. The molecule has 2 aromatic rings. The van der Waals surface area contributed by atoms with Gasteiger partial charge >= 0.3 is 0 Å². The van der Waals surface area contributed by atoms with Crippen LogP contribution >= 0.6 is 8.96 Å². The van der Waals surface area contributed by atoms with E-state index in [0.717, 1.165) is 39.7 Å². The average Bonchev–Trinajstić information content (AvgIpc) is 2.71. The van der Waals surface area contributed by atoms with E-state index in [9.17, 15) is 0 Å². The molecule has 3 rings (SSSR count). The van der Waals surface area contributed by atoms with Crippen LogP contribution in [0.25, 0.3) is 0 Å². The van der Waals surface area contributed by atoms with Gasteiger partial charge in [-0.05, 0) is 47.1 Å². The van der Waals surface area contributed by atoms with Crippen molar-refractivity contribution in [3.63, 3.8) is 0 Å². The first-order valence-electron chi connectivity index (χ1n) is 11.8. The summed E-state index contributed by atoms with van der Waals surface area (Å²) in [6.07, 6.45) is 3.78. The smallest absolute Gasteiger partial charge is 0.174 e. The summed E-state index contributed by atoms with van der Waals surface area (Å²) in [7, 11) is 1.75. The zero-order chi connectivity index (χ0) is 25.5. The molecule has 0 amide bonds. The molecule has 0 radical (unpaired) electrons. The number of rotatable bonds is 6. The first kappa shape index (κ1) is 26.2.